The van der Waals surface area contributed by atoms with Crippen LogP contribution in [0.5, 0.6) is 0 Å². The maximum absolute atomic E-state index is 12.9. The van der Waals surface area contributed by atoms with Gasteiger partial charge in [-0.1, -0.05) is 304 Å². The predicted octanol–water partition coefficient (Wildman–Crippen LogP) is 23.0. The van der Waals surface area contributed by atoms with Gasteiger partial charge >= 0.3 is 17.9 Å². The van der Waals surface area contributed by atoms with E-state index in [4.69, 9.17) is 14.2 Å². The molecule has 6 heteroatoms. The Morgan fingerprint density at radius 1 is 0.266 bits per heavy atom. The van der Waals surface area contributed by atoms with Crippen molar-refractivity contribution in [3.63, 3.8) is 0 Å². The summed E-state index contributed by atoms with van der Waals surface area (Å²) in [5, 5.41) is 0. The topological polar surface area (TPSA) is 78.9 Å². The first-order chi connectivity index (χ1) is 39.0. The summed E-state index contributed by atoms with van der Waals surface area (Å²) in [5.74, 6) is -0.925. The fourth-order valence-electron chi connectivity index (χ4n) is 9.35. The van der Waals surface area contributed by atoms with E-state index in [-0.39, 0.29) is 31.1 Å². The van der Waals surface area contributed by atoms with E-state index in [1.54, 1.807) is 0 Å². The van der Waals surface area contributed by atoms with E-state index in [9.17, 15) is 14.4 Å². The average Bonchev–Trinajstić information content (AvgIpc) is 3.45. The Balaban J connectivity index is 4.42. The SMILES string of the molecule is CC/C=C\C/C=C\C/C=C\C/C=C\C/C=C\CCCCCCCC(=O)OC(COC(=O)CCCCCC/C=C\C/C=C\C/C=C\C/C=C\CC)COC(=O)CCCCCCCCCCCCCCCCCCCCCCCCC. The van der Waals surface area contributed by atoms with Gasteiger partial charge in [0, 0.05) is 19.3 Å². The monoisotopic (exact) mass is 1100 g/mol. The largest absolute Gasteiger partial charge is 0.462 e. The fourth-order valence-corrected chi connectivity index (χ4v) is 9.35. The molecule has 0 aliphatic carbocycles. The van der Waals surface area contributed by atoms with Crippen molar-refractivity contribution >= 4 is 17.9 Å². The van der Waals surface area contributed by atoms with Crippen LogP contribution < -0.4 is 0 Å². The number of hydrogen-bond acceptors (Lipinski definition) is 6. The van der Waals surface area contributed by atoms with Gasteiger partial charge in [-0.2, -0.15) is 0 Å². The summed E-state index contributed by atoms with van der Waals surface area (Å²) in [5.41, 5.74) is 0. The molecule has 0 aromatic rings. The minimum Gasteiger partial charge on any atom is -0.462 e. The molecule has 0 fully saturated rings. The van der Waals surface area contributed by atoms with Crippen LogP contribution in [0.4, 0.5) is 0 Å². The lowest BCUT2D eigenvalue weighted by atomic mass is 10.0. The Bertz CT molecular complexity index is 1590. The van der Waals surface area contributed by atoms with E-state index in [0.717, 1.165) is 148 Å². The molecule has 0 aromatic carbocycles. The van der Waals surface area contributed by atoms with Gasteiger partial charge in [-0.15, -0.1) is 0 Å². The van der Waals surface area contributed by atoms with Gasteiger partial charge in [0.1, 0.15) is 13.2 Å². The Labute approximate surface area is 489 Å². The second kappa shape index (κ2) is 66.6. The zero-order chi connectivity index (χ0) is 57.1. The molecule has 0 spiro atoms. The second-order valence-electron chi connectivity index (χ2n) is 22.0. The van der Waals surface area contributed by atoms with Crippen LogP contribution in [0.25, 0.3) is 0 Å². The maximum atomic E-state index is 12.9. The fraction of sp³-hybridized carbons (Fsp3) is 0.712. The smallest absolute Gasteiger partial charge is 0.306 e. The molecule has 0 N–H and O–H groups in total. The second-order valence-corrected chi connectivity index (χ2v) is 22.0. The van der Waals surface area contributed by atoms with Gasteiger partial charge in [-0.3, -0.25) is 14.4 Å². The summed E-state index contributed by atoms with van der Waals surface area (Å²) < 4.78 is 16.9. The maximum Gasteiger partial charge on any atom is 0.306 e. The molecular formula is C73H124O6. The van der Waals surface area contributed by atoms with Crippen molar-refractivity contribution in [3.05, 3.63) is 109 Å². The highest BCUT2D eigenvalue weighted by molar-refractivity contribution is 5.71. The van der Waals surface area contributed by atoms with Gasteiger partial charge in [-0.25, -0.2) is 0 Å². The Morgan fingerprint density at radius 2 is 0.494 bits per heavy atom. The zero-order valence-electron chi connectivity index (χ0n) is 51.9. The van der Waals surface area contributed by atoms with Crippen molar-refractivity contribution < 1.29 is 28.6 Å². The molecule has 79 heavy (non-hydrogen) atoms. The van der Waals surface area contributed by atoms with E-state index in [1.165, 1.54) is 128 Å². The van der Waals surface area contributed by atoms with E-state index in [1.807, 2.05) is 0 Å². The number of esters is 3. The number of unbranched alkanes of at least 4 members (excludes halogenated alkanes) is 31. The zero-order valence-corrected chi connectivity index (χ0v) is 51.9. The van der Waals surface area contributed by atoms with Crippen molar-refractivity contribution in [3.8, 4) is 0 Å². The van der Waals surface area contributed by atoms with E-state index in [0.29, 0.717) is 19.3 Å². The molecule has 452 valence electrons. The summed E-state index contributed by atoms with van der Waals surface area (Å²) >= 11 is 0. The Kier molecular flexibility index (Phi) is 63.3. The summed E-state index contributed by atoms with van der Waals surface area (Å²) in [6, 6.07) is 0. The number of rotatable bonds is 60. The molecule has 0 rings (SSSR count). The highest BCUT2D eigenvalue weighted by Crippen LogP contribution is 2.17. The van der Waals surface area contributed by atoms with Crippen molar-refractivity contribution in [1.82, 2.24) is 0 Å². The number of carbonyl (C=O) groups is 3. The van der Waals surface area contributed by atoms with Crippen LogP contribution in [-0.2, 0) is 28.6 Å². The van der Waals surface area contributed by atoms with Gasteiger partial charge in [0.05, 0.1) is 0 Å². The number of hydrogen-bond donors (Lipinski definition) is 0. The van der Waals surface area contributed by atoms with Crippen LogP contribution in [0.2, 0.25) is 0 Å². The van der Waals surface area contributed by atoms with Crippen molar-refractivity contribution in [1.29, 1.82) is 0 Å². The van der Waals surface area contributed by atoms with E-state index >= 15 is 0 Å². The molecule has 6 nitrogen and oxygen atoms in total. The van der Waals surface area contributed by atoms with E-state index in [2.05, 4.69) is 130 Å². The summed E-state index contributed by atoms with van der Waals surface area (Å²) in [7, 11) is 0. The highest BCUT2D eigenvalue weighted by atomic mass is 16.6. The molecule has 0 aliphatic rings. The van der Waals surface area contributed by atoms with Gasteiger partial charge in [0.2, 0.25) is 0 Å². The number of ether oxygens (including phenoxy) is 3. The van der Waals surface area contributed by atoms with Crippen LogP contribution in [0.3, 0.4) is 0 Å². The van der Waals surface area contributed by atoms with E-state index < -0.39 is 6.10 Å². The summed E-state index contributed by atoms with van der Waals surface area (Å²) in [6.07, 6.45) is 91.0. The third-order valence-corrected chi connectivity index (χ3v) is 14.3. The molecule has 0 aromatic heterocycles. The van der Waals surface area contributed by atoms with Gasteiger partial charge in [-0.05, 0) is 103 Å². The van der Waals surface area contributed by atoms with Crippen molar-refractivity contribution in [2.45, 2.75) is 322 Å². The van der Waals surface area contributed by atoms with Crippen LogP contribution in [-0.4, -0.2) is 37.2 Å². The molecule has 0 amide bonds. The molecule has 1 atom stereocenters. The predicted molar refractivity (Wildman–Crippen MR) is 343 cm³/mol. The number of allylic oxidation sites excluding steroid dienone is 18. The molecule has 0 bridgehead atoms. The summed E-state index contributed by atoms with van der Waals surface area (Å²) in [4.78, 5) is 38.4. The van der Waals surface area contributed by atoms with Crippen LogP contribution >= 0.6 is 0 Å². The lowest BCUT2D eigenvalue weighted by Gasteiger charge is -2.18. The highest BCUT2D eigenvalue weighted by Gasteiger charge is 2.19. The normalized spacial score (nSPS) is 12.8. The molecule has 0 aliphatic heterocycles. The third-order valence-electron chi connectivity index (χ3n) is 14.3. The molecule has 0 saturated carbocycles. The first-order valence-corrected chi connectivity index (χ1v) is 33.4. The molecule has 0 radical (unpaired) electrons. The molecule has 1 unspecified atom stereocenters. The Hall–Kier alpha value is -3.93. The minimum atomic E-state index is -0.802. The minimum absolute atomic E-state index is 0.0929. The van der Waals surface area contributed by atoms with Crippen LogP contribution in [0, 0.1) is 0 Å². The van der Waals surface area contributed by atoms with Gasteiger partial charge < -0.3 is 14.2 Å². The standard InChI is InChI=1S/C73H124O6/c1-4-7-10-13-16-19-22-25-28-31-33-35-36-38-39-42-45-48-51-54-57-60-63-66-72(75)78-69-70(68-77-71(74)65-62-59-56-53-50-47-44-41-30-27-24-21-18-15-12-9-6-3)79-73(76)67-64-61-58-55-52-49-46-43-40-37-34-32-29-26-23-20-17-14-11-8-5-2/h8-9,11-12,17-18,20-21,26-27,29-30,34,37,43-44,46-47,70H,4-7,10,13-16,19,22-25,28,31-33,35-36,38-42,45,48-69H2,1-3H3/b11-8-,12-9-,20-17-,21-18-,29-26-,30-27-,37-34-,46-43-,47-44-. The lowest BCUT2D eigenvalue weighted by Crippen LogP contribution is -2.30. The molecule has 0 saturated heterocycles. The Morgan fingerprint density at radius 3 is 0.772 bits per heavy atom. The summed E-state index contributed by atoms with van der Waals surface area (Å²) in [6.45, 7) is 6.41. The average molecular weight is 1100 g/mol. The van der Waals surface area contributed by atoms with Gasteiger partial charge in [0.25, 0.3) is 0 Å². The quantitative estimate of drug-likeness (QED) is 0.0261. The van der Waals surface area contributed by atoms with Crippen LogP contribution in [0.15, 0.2) is 109 Å². The van der Waals surface area contributed by atoms with Crippen molar-refractivity contribution in [2.75, 3.05) is 13.2 Å². The number of carbonyl (C=O) groups excluding carboxylic acids is 3. The van der Waals surface area contributed by atoms with Crippen LogP contribution in [0.1, 0.15) is 316 Å². The molecule has 0 heterocycles. The third kappa shape index (κ3) is 64.8. The van der Waals surface area contributed by atoms with Crippen molar-refractivity contribution in [2.24, 2.45) is 0 Å². The van der Waals surface area contributed by atoms with Gasteiger partial charge in [0.15, 0.2) is 6.10 Å². The first kappa shape index (κ1) is 75.1. The lowest BCUT2D eigenvalue weighted by molar-refractivity contribution is -0.167. The first-order valence-electron chi connectivity index (χ1n) is 33.4. The molecular weight excluding hydrogens is 973 g/mol.